The van der Waals surface area contributed by atoms with Crippen LogP contribution in [0, 0.1) is 0 Å². The van der Waals surface area contributed by atoms with Gasteiger partial charge in [0.15, 0.2) is 5.75 Å². The van der Waals surface area contributed by atoms with Crippen molar-refractivity contribution in [3.8, 4) is 28.6 Å². The summed E-state index contributed by atoms with van der Waals surface area (Å²) in [6.07, 6.45) is -3.23. The van der Waals surface area contributed by atoms with Gasteiger partial charge in [-0.3, -0.25) is 0 Å². The second-order valence-corrected chi connectivity index (χ2v) is 8.52. The minimum absolute atomic E-state index is 0.170. The molecular weight excluding hydrogens is 533 g/mol. The van der Waals surface area contributed by atoms with Crippen LogP contribution in [0.4, 0.5) is 24.7 Å². The summed E-state index contributed by atoms with van der Waals surface area (Å²) in [6.45, 7) is 0.0126. The Morgan fingerprint density at radius 1 is 1.23 bits per heavy atom. The van der Waals surface area contributed by atoms with Crippen LogP contribution in [-0.2, 0) is 0 Å². The van der Waals surface area contributed by atoms with Crippen LogP contribution >= 0.6 is 15.9 Å². The standard InChI is InChI=1S/C23H18BrF3N4O4/c1-33-13-5-6-19(28-9-13)31-12(10-32)11-34-21-15(3-2-4-18(21)31)22-29-17-8-14(35-23(25,26)27)7-16(24)20(17)30-22/h2-9,12,32H,10-11H2,1H3,(H,29,30)/t12-/m0/s1. The molecule has 2 aromatic heterocycles. The van der Waals surface area contributed by atoms with Crippen molar-refractivity contribution < 1.29 is 32.5 Å². The van der Waals surface area contributed by atoms with Gasteiger partial charge in [0.1, 0.15) is 35.3 Å². The Morgan fingerprint density at radius 2 is 2.06 bits per heavy atom. The highest BCUT2D eigenvalue weighted by Crippen LogP contribution is 2.44. The van der Waals surface area contributed by atoms with E-state index in [1.807, 2.05) is 11.0 Å². The average molecular weight is 551 g/mol. The van der Waals surface area contributed by atoms with E-state index in [1.165, 1.54) is 12.1 Å². The number of ether oxygens (including phenoxy) is 3. The van der Waals surface area contributed by atoms with Gasteiger partial charge in [0.05, 0.1) is 42.7 Å². The first-order chi connectivity index (χ1) is 16.8. The first kappa shape index (κ1) is 23.2. The van der Waals surface area contributed by atoms with Crippen molar-refractivity contribution in [2.24, 2.45) is 0 Å². The number of pyridine rings is 1. The number of aromatic amines is 1. The van der Waals surface area contributed by atoms with E-state index in [2.05, 4.69) is 35.6 Å². The first-order valence-corrected chi connectivity index (χ1v) is 11.2. The number of halogens is 4. The van der Waals surface area contributed by atoms with Gasteiger partial charge in [0.2, 0.25) is 0 Å². The lowest BCUT2D eigenvalue weighted by molar-refractivity contribution is -0.274. The fourth-order valence-electron chi connectivity index (χ4n) is 3.95. The largest absolute Gasteiger partial charge is 0.573 e. The zero-order valence-electron chi connectivity index (χ0n) is 18.1. The summed E-state index contributed by atoms with van der Waals surface area (Å²) in [4.78, 5) is 14.0. The molecule has 5 rings (SSSR count). The highest BCUT2D eigenvalue weighted by Gasteiger charge is 2.33. The molecule has 12 heteroatoms. The Kier molecular flexibility index (Phi) is 5.93. The minimum Gasteiger partial charge on any atom is -0.495 e. The van der Waals surface area contributed by atoms with Gasteiger partial charge in [0, 0.05) is 10.5 Å². The third kappa shape index (κ3) is 4.46. The molecule has 1 aliphatic heterocycles. The number of benzene rings is 2. The Bertz CT molecular complexity index is 1380. The van der Waals surface area contributed by atoms with Crippen molar-refractivity contribution in [1.82, 2.24) is 15.0 Å². The quantitative estimate of drug-likeness (QED) is 0.353. The van der Waals surface area contributed by atoms with Crippen molar-refractivity contribution >= 4 is 38.5 Å². The molecule has 0 saturated carbocycles. The van der Waals surface area contributed by atoms with Gasteiger partial charge in [-0.2, -0.15) is 0 Å². The zero-order valence-corrected chi connectivity index (χ0v) is 19.7. The number of para-hydroxylation sites is 1. The Balaban J connectivity index is 1.59. The van der Waals surface area contributed by atoms with E-state index in [0.29, 0.717) is 49.9 Å². The third-order valence-corrected chi connectivity index (χ3v) is 6.06. The lowest BCUT2D eigenvalue weighted by Crippen LogP contribution is -2.43. The molecule has 2 aromatic carbocycles. The molecule has 3 heterocycles. The number of anilines is 2. The van der Waals surface area contributed by atoms with E-state index in [-0.39, 0.29) is 25.0 Å². The zero-order chi connectivity index (χ0) is 24.7. The van der Waals surface area contributed by atoms with Crippen LogP contribution in [0.25, 0.3) is 22.4 Å². The number of rotatable bonds is 5. The first-order valence-electron chi connectivity index (χ1n) is 10.4. The summed E-state index contributed by atoms with van der Waals surface area (Å²) < 4.78 is 53.7. The molecule has 1 aliphatic rings. The van der Waals surface area contributed by atoms with Crippen molar-refractivity contribution in [2.75, 3.05) is 25.2 Å². The van der Waals surface area contributed by atoms with Crippen LogP contribution in [0.2, 0.25) is 0 Å². The second kappa shape index (κ2) is 8.93. The van der Waals surface area contributed by atoms with Crippen LogP contribution in [0.5, 0.6) is 17.2 Å². The number of methoxy groups -OCH3 is 1. The van der Waals surface area contributed by atoms with Gasteiger partial charge in [-0.15, -0.1) is 13.2 Å². The number of nitrogens with one attached hydrogen (secondary N) is 1. The number of alkyl halides is 3. The Labute approximate surface area is 205 Å². The van der Waals surface area contributed by atoms with Gasteiger partial charge in [-0.05, 0) is 46.3 Å². The van der Waals surface area contributed by atoms with Crippen LogP contribution in [0.1, 0.15) is 0 Å². The molecule has 0 bridgehead atoms. The molecule has 35 heavy (non-hydrogen) atoms. The maximum atomic E-state index is 12.7. The van der Waals surface area contributed by atoms with Crippen molar-refractivity contribution in [1.29, 1.82) is 0 Å². The van der Waals surface area contributed by atoms with Crippen LogP contribution in [0.15, 0.2) is 53.1 Å². The summed E-state index contributed by atoms with van der Waals surface area (Å²) in [7, 11) is 1.55. The highest BCUT2D eigenvalue weighted by atomic mass is 79.9. The molecule has 8 nitrogen and oxygen atoms in total. The maximum absolute atomic E-state index is 12.7. The van der Waals surface area contributed by atoms with E-state index in [1.54, 1.807) is 37.6 Å². The van der Waals surface area contributed by atoms with Gasteiger partial charge < -0.3 is 29.2 Å². The molecule has 0 amide bonds. The normalized spacial score (nSPS) is 15.6. The van der Waals surface area contributed by atoms with E-state index in [0.717, 1.165) is 0 Å². The van der Waals surface area contributed by atoms with E-state index >= 15 is 0 Å². The van der Waals surface area contributed by atoms with Crippen molar-refractivity contribution in [3.63, 3.8) is 0 Å². The number of nitrogens with zero attached hydrogens (tertiary/aromatic N) is 3. The molecule has 0 unspecified atom stereocenters. The van der Waals surface area contributed by atoms with Crippen LogP contribution in [0.3, 0.4) is 0 Å². The fourth-order valence-corrected chi connectivity index (χ4v) is 4.48. The maximum Gasteiger partial charge on any atom is 0.573 e. The summed E-state index contributed by atoms with van der Waals surface area (Å²) in [5.41, 5.74) is 2.04. The SMILES string of the molecule is COc1ccc(N2c3cccc(-c4nc5c(Br)cc(OC(F)(F)F)cc5[nH]4)c3OC[C@@H]2CO)nc1. The summed E-state index contributed by atoms with van der Waals surface area (Å²) in [5.74, 6) is 1.70. The van der Waals surface area contributed by atoms with E-state index in [4.69, 9.17) is 9.47 Å². The minimum atomic E-state index is -4.81. The molecule has 0 aliphatic carbocycles. The number of hydrogen-bond donors (Lipinski definition) is 2. The predicted molar refractivity (Wildman–Crippen MR) is 125 cm³/mol. The summed E-state index contributed by atoms with van der Waals surface area (Å²) in [6, 6.07) is 11.0. The van der Waals surface area contributed by atoms with Crippen molar-refractivity contribution in [3.05, 3.63) is 53.1 Å². The molecular formula is C23H18BrF3N4O4. The van der Waals surface area contributed by atoms with E-state index in [9.17, 15) is 18.3 Å². The van der Waals surface area contributed by atoms with Gasteiger partial charge in [-0.1, -0.05) is 6.07 Å². The van der Waals surface area contributed by atoms with Gasteiger partial charge in [0.25, 0.3) is 0 Å². The molecule has 0 saturated heterocycles. The molecule has 4 aromatic rings. The smallest absolute Gasteiger partial charge is 0.495 e. The van der Waals surface area contributed by atoms with Crippen LogP contribution in [-0.4, -0.2) is 52.8 Å². The lowest BCUT2D eigenvalue weighted by atomic mass is 10.1. The number of H-pyrrole nitrogens is 1. The van der Waals surface area contributed by atoms with Crippen LogP contribution < -0.4 is 19.1 Å². The fraction of sp³-hybridized carbons (Fsp3) is 0.217. The molecule has 0 radical (unpaired) electrons. The number of aromatic nitrogens is 3. The van der Waals surface area contributed by atoms with Crippen molar-refractivity contribution in [2.45, 2.75) is 12.4 Å². The number of hydrogen-bond acceptors (Lipinski definition) is 7. The predicted octanol–water partition coefficient (Wildman–Crippen LogP) is 5.19. The number of aliphatic hydroxyl groups is 1. The summed E-state index contributed by atoms with van der Waals surface area (Å²) in [5, 5.41) is 9.98. The average Bonchev–Trinajstić information content (AvgIpc) is 3.26. The Morgan fingerprint density at radius 3 is 2.74 bits per heavy atom. The van der Waals surface area contributed by atoms with Gasteiger partial charge >= 0.3 is 6.36 Å². The molecule has 1 atom stereocenters. The van der Waals surface area contributed by atoms with Gasteiger partial charge in [-0.25, -0.2) is 9.97 Å². The lowest BCUT2D eigenvalue weighted by Gasteiger charge is -2.37. The second-order valence-electron chi connectivity index (χ2n) is 7.66. The number of imidazole rings is 1. The molecule has 182 valence electrons. The van der Waals surface area contributed by atoms with E-state index < -0.39 is 6.36 Å². The molecule has 0 fully saturated rings. The molecule has 0 spiro atoms. The molecule has 2 N–H and O–H groups in total. The number of aliphatic hydroxyl groups excluding tert-OH is 1. The monoisotopic (exact) mass is 550 g/mol. The Hall–Kier alpha value is -3.51. The third-order valence-electron chi connectivity index (χ3n) is 5.46. The highest BCUT2D eigenvalue weighted by molar-refractivity contribution is 9.10. The summed E-state index contributed by atoms with van der Waals surface area (Å²) >= 11 is 3.27. The topological polar surface area (TPSA) is 92.7 Å². The number of fused-ring (bicyclic) bond motifs is 2.